The van der Waals surface area contributed by atoms with Crippen molar-refractivity contribution < 1.29 is 9.72 Å². The van der Waals surface area contributed by atoms with Gasteiger partial charge in [-0.15, -0.1) is 0 Å². The van der Waals surface area contributed by atoms with Gasteiger partial charge in [0.1, 0.15) is 12.4 Å². The van der Waals surface area contributed by atoms with E-state index in [4.69, 9.17) is 5.73 Å². The van der Waals surface area contributed by atoms with Gasteiger partial charge in [-0.25, -0.2) is 9.97 Å². The Hall–Kier alpha value is -2.45. The zero-order chi connectivity index (χ0) is 14.6. The monoisotopic (exact) mass is 268 g/mol. The van der Waals surface area contributed by atoms with Crippen molar-refractivity contribution in [1.82, 2.24) is 14.9 Å². The third-order valence-electron chi connectivity index (χ3n) is 2.61. The lowest BCUT2D eigenvalue weighted by Gasteiger charge is -2.20. The molecule has 9 heteroatoms. The number of nitrogens with two attached hydrogens (primary N) is 1. The summed E-state index contributed by atoms with van der Waals surface area (Å²) in [5, 5.41) is 13.6. The van der Waals surface area contributed by atoms with Crippen molar-refractivity contribution in [1.29, 1.82) is 0 Å². The minimum atomic E-state index is -0.682. The smallest absolute Gasteiger partial charge is 0.353 e. The molecule has 9 nitrogen and oxygen atoms in total. The Morgan fingerprint density at radius 1 is 1.63 bits per heavy atom. The van der Waals surface area contributed by atoms with Crippen LogP contribution in [0.5, 0.6) is 0 Å². The number of nitrogen functional groups attached to an aromatic ring is 1. The third-order valence-corrected chi connectivity index (χ3v) is 2.61. The van der Waals surface area contributed by atoms with Gasteiger partial charge in [-0.1, -0.05) is 0 Å². The molecule has 0 fully saturated rings. The standard InChI is InChI=1S/C10H16N6O3/c1-4-15(3)10(17)6(2)14-9-7(16(18)19)8(11)12-5-13-9/h5-6H,4H2,1-3H3,(H3,11,12,13,14). The van der Waals surface area contributed by atoms with Crippen molar-refractivity contribution in [2.75, 3.05) is 24.6 Å². The molecular formula is C10H16N6O3. The minimum Gasteiger partial charge on any atom is -0.378 e. The van der Waals surface area contributed by atoms with Gasteiger partial charge < -0.3 is 16.0 Å². The van der Waals surface area contributed by atoms with Crippen LogP contribution in [0.15, 0.2) is 6.33 Å². The summed E-state index contributed by atoms with van der Waals surface area (Å²) in [5.41, 5.74) is 5.00. The number of nitrogens with zero attached hydrogens (tertiary/aromatic N) is 4. The Morgan fingerprint density at radius 2 is 2.26 bits per heavy atom. The number of hydrogen-bond acceptors (Lipinski definition) is 7. The van der Waals surface area contributed by atoms with E-state index in [2.05, 4.69) is 15.3 Å². The fourth-order valence-electron chi connectivity index (χ4n) is 1.43. The Morgan fingerprint density at radius 3 is 2.79 bits per heavy atom. The highest BCUT2D eigenvalue weighted by atomic mass is 16.6. The van der Waals surface area contributed by atoms with Crippen molar-refractivity contribution in [2.24, 2.45) is 0 Å². The van der Waals surface area contributed by atoms with Gasteiger partial charge in [0, 0.05) is 13.6 Å². The predicted octanol–water partition coefficient (Wildman–Crippen LogP) is 0.246. The number of carbonyl (C=O) groups is 1. The molecular weight excluding hydrogens is 252 g/mol. The molecule has 0 aliphatic rings. The van der Waals surface area contributed by atoms with E-state index in [1.807, 2.05) is 6.92 Å². The lowest BCUT2D eigenvalue weighted by molar-refractivity contribution is -0.383. The Bertz CT molecular complexity index is 492. The van der Waals surface area contributed by atoms with E-state index < -0.39 is 16.7 Å². The molecule has 1 unspecified atom stereocenters. The molecule has 1 aromatic rings. The zero-order valence-corrected chi connectivity index (χ0v) is 11.0. The maximum Gasteiger partial charge on any atom is 0.353 e. The van der Waals surface area contributed by atoms with Gasteiger partial charge in [0.15, 0.2) is 0 Å². The van der Waals surface area contributed by atoms with Crippen LogP contribution in [0.3, 0.4) is 0 Å². The zero-order valence-electron chi connectivity index (χ0n) is 11.0. The molecule has 1 atom stereocenters. The quantitative estimate of drug-likeness (QED) is 0.578. The first-order valence-corrected chi connectivity index (χ1v) is 5.64. The van der Waals surface area contributed by atoms with E-state index in [1.54, 1.807) is 14.0 Å². The Labute approximate surface area is 110 Å². The fraction of sp³-hybridized carbons (Fsp3) is 0.500. The largest absolute Gasteiger partial charge is 0.378 e. The molecule has 0 radical (unpaired) electrons. The highest BCUT2D eigenvalue weighted by molar-refractivity contribution is 5.85. The summed E-state index contributed by atoms with van der Waals surface area (Å²) in [4.78, 5) is 30.9. The van der Waals surface area contributed by atoms with Crippen LogP contribution in [0.25, 0.3) is 0 Å². The van der Waals surface area contributed by atoms with E-state index in [1.165, 1.54) is 4.90 Å². The van der Waals surface area contributed by atoms with Crippen LogP contribution < -0.4 is 11.1 Å². The van der Waals surface area contributed by atoms with Gasteiger partial charge in [0.25, 0.3) is 0 Å². The number of likely N-dealkylation sites (N-methyl/N-ethyl adjacent to an activating group) is 1. The highest BCUT2D eigenvalue weighted by Crippen LogP contribution is 2.26. The van der Waals surface area contributed by atoms with Crippen molar-refractivity contribution in [3.8, 4) is 0 Å². The second kappa shape index (κ2) is 5.94. The molecule has 1 heterocycles. The summed E-state index contributed by atoms with van der Waals surface area (Å²) >= 11 is 0. The second-order valence-electron chi connectivity index (χ2n) is 3.93. The number of hydrogen-bond donors (Lipinski definition) is 2. The number of nitrogens with one attached hydrogen (secondary N) is 1. The SMILES string of the molecule is CCN(C)C(=O)C(C)Nc1ncnc(N)c1[N+](=O)[O-]. The summed E-state index contributed by atoms with van der Waals surface area (Å²) in [6.45, 7) is 3.96. The molecule has 1 amide bonds. The number of carbonyl (C=O) groups excluding carboxylic acids is 1. The lowest BCUT2D eigenvalue weighted by atomic mass is 10.3. The summed E-state index contributed by atoms with van der Waals surface area (Å²) in [6, 6.07) is -0.655. The van der Waals surface area contributed by atoms with Gasteiger partial charge in [0.2, 0.25) is 17.5 Å². The molecule has 0 spiro atoms. The van der Waals surface area contributed by atoms with Crippen LogP contribution in [0.4, 0.5) is 17.3 Å². The third kappa shape index (κ3) is 3.27. The number of amides is 1. The number of rotatable bonds is 5. The van der Waals surface area contributed by atoms with E-state index in [9.17, 15) is 14.9 Å². The minimum absolute atomic E-state index is 0.0668. The maximum atomic E-state index is 11.9. The fourth-order valence-corrected chi connectivity index (χ4v) is 1.43. The van der Waals surface area contributed by atoms with Crippen molar-refractivity contribution in [3.63, 3.8) is 0 Å². The van der Waals surface area contributed by atoms with Gasteiger partial charge in [-0.05, 0) is 13.8 Å². The van der Waals surface area contributed by atoms with Gasteiger partial charge in [0.05, 0.1) is 4.92 Å². The highest BCUT2D eigenvalue weighted by Gasteiger charge is 2.24. The summed E-state index contributed by atoms with van der Waals surface area (Å²) in [6.07, 6.45) is 1.10. The molecule has 1 rings (SSSR count). The van der Waals surface area contributed by atoms with Crippen LogP contribution in [0.2, 0.25) is 0 Å². The average molecular weight is 268 g/mol. The van der Waals surface area contributed by atoms with Crippen molar-refractivity contribution in [3.05, 3.63) is 16.4 Å². The number of aromatic nitrogens is 2. The van der Waals surface area contributed by atoms with Crippen LogP contribution in [-0.4, -0.2) is 45.3 Å². The van der Waals surface area contributed by atoms with E-state index >= 15 is 0 Å². The van der Waals surface area contributed by atoms with Crippen LogP contribution >= 0.6 is 0 Å². The summed E-state index contributed by atoms with van der Waals surface area (Å²) in [5.74, 6) is -0.511. The van der Waals surface area contributed by atoms with Crippen molar-refractivity contribution >= 4 is 23.2 Å². The molecule has 0 aliphatic carbocycles. The van der Waals surface area contributed by atoms with Gasteiger partial charge in [-0.2, -0.15) is 0 Å². The Kier molecular flexibility index (Phi) is 4.56. The normalized spacial score (nSPS) is 11.7. The molecule has 104 valence electrons. The molecule has 0 saturated heterocycles. The lowest BCUT2D eigenvalue weighted by Crippen LogP contribution is -2.39. The van der Waals surface area contributed by atoms with Crippen LogP contribution in [-0.2, 0) is 4.79 Å². The van der Waals surface area contributed by atoms with E-state index in [0.717, 1.165) is 6.33 Å². The first-order chi connectivity index (χ1) is 8.88. The van der Waals surface area contributed by atoms with Gasteiger partial charge >= 0.3 is 5.69 Å². The second-order valence-corrected chi connectivity index (χ2v) is 3.93. The average Bonchev–Trinajstić information content (AvgIpc) is 2.36. The number of anilines is 2. The molecule has 0 saturated carbocycles. The molecule has 1 aromatic heterocycles. The predicted molar refractivity (Wildman–Crippen MR) is 69.5 cm³/mol. The van der Waals surface area contributed by atoms with E-state index in [0.29, 0.717) is 6.54 Å². The van der Waals surface area contributed by atoms with Gasteiger partial charge in [-0.3, -0.25) is 14.9 Å². The number of nitro groups is 1. The maximum absolute atomic E-state index is 11.9. The van der Waals surface area contributed by atoms with Crippen LogP contribution in [0, 0.1) is 10.1 Å². The molecule has 0 aromatic carbocycles. The summed E-state index contributed by atoms with van der Waals surface area (Å²) in [7, 11) is 1.64. The molecule has 19 heavy (non-hydrogen) atoms. The topological polar surface area (TPSA) is 127 Å². The first-order valence-electron chi connectivity index (χ1n) is 5.64. The first kappa shape index (κ1) is 14.6. The molecule has 0 aliphatic heterocycles. The molecule has 3 N–H and O–H groups in total. The van der Waals surface area contributed by atoms with Crippen LogP contribution in [0.1, 0.15) is 13.8 Å². The van der Waals surface area contributed by atoms with Crippen molar-refractivity contribution in [2.45, 2.75) is 19.9 Å². The van der Waals surface area contributed by atoms with E-state index in [-0.39, 0.29) is 17.5 Å². The molecule has 0 bridgehead atoms. The summed E-state index contributed by atoms with van der Waals surface area (Å²) < 4.78 is 0. The Balaban J connectivity index is 2.97.